The standard InChI is InChI=1S/C13H14BrN3O2/c1-3-11-12(13(18)19-2)15-16-17(11)8-9-6-4-5-7-10(9)14/h4-7H,3,8H2,1-2H3. The van der Waals surface area contributed by atoms with Crippen LogP contribution in [0.4, 0.5) is 0 Å². The molecule has 0 radical (unpaired) electrons. The molecule has 0 fully saturated rings. The summed E-state index contributed by atoms with van der Waals surface area (Å²) >= 11 is 3.50. The number of halogens is 1. The fraction of sp³-hybridized carbons (Fsp3) is 0.308. The molecule has 0 N–H and O–H groups in total. The summed E-state index contributed by atoms with van der Waals surface area (Å²) in [6.07, 6.45) is 0.669. The third-order valence-electron chi connectivity index (χ3n) is 2.83. The average Bonchev–Trinajstić information content (AvgIpc) is 2.83. The predicted molar refractivity (Wildman–Crippen MR) is 74.0 cm³/mol. The molecule has 0 unspecified atom stereocenters. The Morgan fingerprint density at radius 1 is 1.42 bits per heavy atom. The number of nitrogens with zero attached hydrogens (tertiary/aromatic N) is 3. The number of rotatable bonds is 4. The second kappa shape index (κ2) is 5.97. The van der Waals surface area contributed by atoms with Crippen molar-refractivity contribution in [2.45, 2.75) is 19.9 Å². The third kappa shape index (κ3) is 2.84. The summed E-state index contributed by atoms with van der Waals surface area (Å²) in [7, 11) is 1.34. The minimum atomic E-state index is -0.449. The lowest BCUT2D eigenvalue weighted by atomic mass is 10.2. The van der Waals surface area contributed by atoms with E-state index in [9.17, 15) is 4.79 Å². The summed E-state index contributed by atoms with van der Waals surface area (Å²) in [5.74, 6) is -0.449. The number of esters is 1. The first kappa shape index (κ1) is 13.7. The van der Waals surface area contributed by atoms with E-state index in [1.54, 1.807) is 4.68 Å². The number of carbonyl (C=O) groups excluding carboxylic acids is 1. The zero-order valence-electron chi connectivity index (χ0n) is 10.8. The first-order chi connectivity index (χ1) is 9.17. The molecule has 100 valence electrons. The Morgan fingerprint density at radius 3 is 2.79 bits per heavy atom. The van der Waals surface area contributed by atoms with E-state index >= 15 is 0 Å². The zero-order valence-corrected chi connectivity index (χ0v) is 12.3. The van der Waals surface area contributed by atoms with Crippen molar-refractivity contribution in [2.75, 3.05) is 7.11 Å². The summed E-state index contributed by atoms with van der Waals surface area (Å²) in [5.41, 5.74) is 2.15. The molecule has 1 heterocycles. The molecule has 0 aliphatic rings. The summed E-state index contributed by atoms with van der Waals surface area (Å²) in [5, 5.41) is 7.94. The van der Waals surface area contributed by atoms with E-state index in [0.29, 0.717) is 13.0 Å². The Hall–Kier alpha value is -1.69. The van der Waals surface area contributed by atoms with E-state index < -0.39 is 5.97 Å². The maximum Gasteiger partial charge on any atom is 0.360 e. The maximum atomic E-state index is 11.6. The zero-order chi connectivity index (χ0) is 13.8. The van der Waals surface area contributed by atoms with Crippen LogP contribution >= 0.6 is 15.9 Å². The number of hydrogen-bond donors (Lipinski definition) is 0. The van der Waals surface area contributed by atoms with Gasteiger partial charge in [0.15, 0.2) is 5.69 Å². The van der Waals surface area contributed by atoms with Crippen molar-refractivity contribution < 1.29 is 9.53 Å². The van der Waals surface area contributed by atoms with Crippen LogP contribution in [0.3, 0.4) is 0 Å². The number of ether oxygens (including phenoxy) is 1. The fourth-order valence-corrected chi connectivity index (χ4v) is 2.26. The molecule has 2 aromatic rings. The van der Waals surface area contributed by atoms with Crippen molar-refractivity contribution in [3.05, 3.63) is 45.7 Å². The third-order valence-corrected chi connectivity index (χ3v) is 3.60. The monoisotopic (exact) mass is 323 g/mol. The van der Waals surface area contributed by atoms with E-state index in [1.807, 2.05) is 31.2 Å². The molecule has 0 saturated carbocycles. The molecule has 0 saturated heterocycles. The minimum absolute atomic E-state index is 0.289. The topological polar surface area (TPSA) is 57.0 Å². The molecule has 2 rings (SSSR count). The molecular weight excluding hydrogens is 310 g/mol. The maximum absolute atomic E-state index is 11.6. The second-order valence-corrected chi connectivity index (χ2v) is 4.83. The van der Waals surface area contributed by atoms with Gasteiger partial charge in [0.25, 0.3) is 0 Å². The molecule has 19 heavy (non-hydrogen) atoms. The van der Waals surface area contributed by atoms with Crippen LogP contribution in [0.1, 0.15) is 28.7 Å². The van der Waals surface area contributed by atoms with E-state index in [1.165, 1.54) is 7.11 Å². The largest absolute Gasteiger partial charge is 0.464 e. The van der Waals surface area contributed by atoms with Crippen molar-refractivity contribution in [3.8, 4) is 0 Å². The highest BCUT2D eigenvalue weighted by Gasteiger charge is 2.19. The number of benzene rings is 1. The molecule has 0 spiro atoms. The molecule has 0 aliphatic heterocycles. The number of hydrogen-bond acceptors (Lipinski definition) is 4. The first-order valence-electron chi connectivity index (χ1n) is 5.91. The number of carbonyl (C=O) groups is 1. The van der Waals surface area contributed by atoms with Gasteiger partial charge in [-0.2, -0.15) is 0 Å². The van der Waals surface area contributed by atoms with Crippen LogP contribution in [0.15, 0.2) is 28.7 Å². The quantitative estimate of drug-likeness (QED) is 0.811. The Labute approximate surface area is 119 Å². The molecular formula is C13H14BrN3O2. The van der Waals surface area contributed by atoms with Crippen molar-refractivity contribution in [1.29, 1.82) is 0 Å². The van der Waals surface area contributed by atoms with Crippen molar-refractivity contribution in [2.24, 2.45) is 0 Å². The summed E-state index contributed by atoms with van der Waals surface area (Å²) in [6, 6.07) is 7.89. The lowest BCUT2D eigenvalue weighted by molar-refractivity contribution is 0.0592. The van der Waals surface area contributed by atoms with Crippen LogP contribution in [0.5, 0.6) is 0 Å². The van der Waals surface area contributed by atoms with Crippen LogP contribution in [0.25, 0.3) is 0 Å². The molecule has 0 aliphatic carbocycles. The van der Waals surface area contributed by atoms with Crippen LogP contribution in [0, 0.1) is 0 Å². The van der Waals surface area contributed by atoms with E-state index in [2.05, 4.69) is 26.2 Å². The van der Waals surface area contributed by atoms with E-state index in [4.69, 9.17) is 4.74 Å². The van der Waals surface area contributed by atoms with Gasteiger partial charge in [0.1, 0.15) is 0 Å². The SMILES string of the molecule is CCc1c(C(=O)OC)nnn1Cc1ccccc1Br. The lowest BCUT2D eigenvalue weighted by Crippen LogP contribution is -2.10. The van der Waals surface area contributed by atoms with Gasteiger partial charge in [-0.25, -0.2) is 9.48 Å². The lowest BCUT2D eigenvalue weighted by Gasteiger charge is -2.07. The summed E-state index contributed by atoms with van der Waals surface area (Å²) in [4.78, 5) is 11.6. The molecule has 1 aromatic carbocycles. The van der Waals surface area contributed by atoms with Gasteiger partial charge in [-0.15, -0.1) is 5.10 Å². The smallest absolute Gasteiger partial charge is 0.360 e. The number of methoxy groups -OCH3 is 1. The highest BCUT2D eigenvalue weighted by atomic mass is 79.9. The van der Waals surface area contributed by atoms with Gasteiger partial charge in [-0.3, -0.25) is 0 Å². The van der Waals surface area contributed by atoms with Crippen molar-refractivity contribution >= 4 is 21.9 Å². The van der Waals surface area contributed by atoms with Gasteiger partial charge >= 0.3 is 5.97 Å². The van der Waals surface area contributed by atoms with E-state index in [-0.39, 0.29) is 5.69 Å². The molecule has 0 amide bonds. The predicted octanol–water partition coefficient (Wildman–Crippen LogP) is 2.44. The van der Waals surface area contributed by atoms with Gasteiger partial charge in [-0.1, -0.05) is 46.3 Å². The van der Waals surface area contributed by atoms with Crippen LogP contribution in [-0.4, -0.2) is 28.1 Å². The van der Waals surface area contributed by atoms with Crippen LogP contribution in [-0.2, 0) is 17.7 Å². The fourth-order valence-electron chi connectivity index (χ4n) is 1.85. The first-order valence-corrected chi connectivity index (χ1v) is 6.70. The molecule has 1 aromatic heterocycles. The molecule has 0 bridgehead atoms. The van der Waals surface area contributed by atoms with Crippen LogP contribution < -0.4 is 0 Å². The Kier molecular flexibility index (Phi) is 4.31. The van der Waals surface area contributed by atoms with Crippen molar-refractivity contribution in [1.82, 2.24) is 15.0 Å². The molecule has 6 heteroatoms. The van der Waals surface area contributed by atoms with E-state index in [0.717, 1.165) is 15.7 Å². The summed E-state index contributed by atoms with van der Waals surface area (Å²) in [6.45, 7) is 2.52. The average molecular weight is 324 g/mol. The molecule has 0 atom stereocenters. The van der Waals surface area contributed by atoms with Crippen molar-refractivity contribution in [3.63, 3.8) is 0 Å². The highest BCUT2D eigenvalue weighted by Crippen LogP contribution is 2.18. The number of aromatic nitrogens is 3. The molecule has 5 nitrogen and oxygen atoms in total. The summed E-state index contributed by atoms with van der Waals surface area (Å²) < 4.78 is 7.44. The minimum Gasteiger partial charge on any atom is -0.464 e. The van der Waals surface area contributed by atoms with Crippen LogP contribution in [0.2, 0.25) is 0 Å². The van der Waals surface area contributed by atoms with Gasteiger partial charge in [0, 0.05) is 4.47 Å². The highest BCUT2D eigenvalue weighted by molar-refractivity contribution is 9.10. The normalized spacial score (nSPS) is 10.5. The van der Waals surface area contributed by atoms with Gasteiger partial charge in [0.2, 0.25) is 0 Å². The Morgan fingerprint density at radius 2 is 2.16 bits per heavy atom. The van der Waals surface area contributed by atoms with Gasteiger partial charge in [-0.05, 0) is 18.1 Å². The van der Waals surface area contributed by atoms with Gasteiger partial charge < -0.3 is 4.74 Å². The Bertz CT molecular complexity index is 595. The Balaban J connectivity index is 2.34. The van der Waals surface area contributed by atoms with Gasteiger partial charge in [0.05, 0.1) is 19.3 Å². The second-order valence-electron chi connectivity index (χ2n) is 3.98.